The Labute approximate surface area is 179 Å². The third-order valence-corrected chi connectivity index (χ3v) is 8.02. The normalized spacial score (nSPS) is 15.7. The maximum atomic E-state index is 13.2. The summed E-state index contributed by atoms with van der Waals surface area (Å²) in [5.41, 5.74) is 2.28. The van der Waals surface area contributed by atoms with Crippen LogP contribution < -0.4 is 10.1 Å². The van der Waals surface area contributed by atoms with Crippen molar-refractivity contribution in [2.45, 2.75) is 29.1 Å². The Balaban J connectivity index is 1.72. The molecular weight excluding hydrogens is 418 g/mol. The van der Waals surface area contributed by atoms with Crippen molar-refractivity contribution in [2.24, 2.45) is 0 Å². The van der Waals surface area contributed by atoms with Crippen LogP contribution in [0.4, 0.5) is 5.69 Å². The Bertz CT molecular complexity index is 1230. The van der Waals surface area contributed by atoms with E-state index >= 15 is 0 Å². The van der Waals surface area contributed by atoms with E-state index in [9.17, 15) is 13.2 Å². The van der Waals surface area contributed by atoms with E-state index in [-0.39, 0.29) is 34.6 Å². The molecule has 1 amide bonds. The Morgan fingerprint density at radius 1 is 1.17 bits per heavy atom. The second-order valence-electron chi connectivity index (χ2n) is 7.02. The van der Waals surface area contributed by atoms with Crippen molar-refractivity contribution in [1.29, 1.82) is 0 Å². The van der Waals surface area contributed by atoms with Crippen LogP contribution >= 0.6 is 11.3 Å². The number of aryl methyl sites for hydroxylation is 1. The van der Waals surface area contributed by atoms with E-state index in [0.717, 1.165) is 16.0 Å². The Morgan fingerprint density at radius 3 is 2.53 bits per heavy atom. The summed E-state index contributed by atoms with van der Waals surface area (Å²) in [7, 11) is -3.74. The first-order valence-electron chi connectivity index (χ1n) is 9.29. The number of rotatable bonds is 5. The summed E-state index contributed by atoms with van der Waals surface area (Å²) in [6.45, 7) is 2.08. The van der Waals surface area contributed by atoms with Crippen molar-refractivity contribution in [3.05, 3.63) is 69.9 Å². The zero-order valence-corrected chi connectivity index (χ0v) is 17.8. The fourth-order valence-electron chi connectivity index (χ4n) is 3.44. The fraction of sp³-hybridized carbons (Fsp3) is 0.174. The Morgan fingerprint density at radius 2 is 1.87 bits per heavy atom. The lowest BCUT2D eigenvalue weighted by Gasteiger charge is -2.24. The number of hydrogen-bond acceptors (Lipinski definition) is 5. The summed E-state index contributed by atoms with van der Waals surface area (Å²) < 4.78 is 31.8. The first kappa shape index (κ1) is 20.2. The molecule has 0 saturated heterocycles. The number of sulfone groups is 1. The summed E-state index contributed by atoms with van der Waals surface area (Å²) in [6.07, 6.45) is 5.46. The minimum absolute atomic E-state index is 0.137. The summed E-state index contributed by atoms with van der Waals surface area (Å²) in [6, 6.07) is 14.1. The van der Waals surface area contributed by atoms with E-state index in [1.165, 1.54) is 11.3 Å². The van der Waals surface area contributed by atoms with Gasteiger partial charge in [0.25, 0.3) is 0 Å². The predicted octanol–water partition coefficient (Wildman–Crippen LogP) is 4.38. The molecule has 5 nitrogen and oxygen atoms in total. The minimum Gasteiger partial charge on any atom is -0.481 e. The van der Waals surface area contributed by atoms with Crippen molar-refractivity contribution in [2.75, 3.05) is 11.9 Å². The van der Waals surface area contributed by atoms with Gasteiger partial charge < -0.3 is 10.1 Å². The van der Waals surface area contributed by atoms with Gasteiger partial charge in [-0.2, -0.15) is 0 Å². The smallest absolute Gasteiger partial charge is 0.225 e. The topological polar surface area (TPSA) is 72.5 Å². The lowest BCUT2D eigenvalue weighted by atomic mass is 9.90. The SMILES string of the molecule is C#CCOc1ccc([C@H]2CC(=O)Nc3c(S(=O)(=O)c4ccc(C)cc4)csc32)cc1. The highest BCUT2D eigenvalue weighted by Crippen LogP contribution is 2.46. The molecule has 0 spiro atoms. The van der Waals surface area contributed by atoms with Gasteiger partial charge in [0, 0.05) is 22.6 Å². The number of terminal acetylenes is 1. The predicted molar refractivity (Wildman–Crippen MR) is 117 cm³/mol. The van der Waals surface area contributed by atoms with Crippen LogP contribution in [-0.4, -0.2) is 20.9 Å². The number of benzene rings is 2. The molecule has 1 N–H and O–H groups in total. The molecule has 1 aromatic heterocycles. The van der Waals surface area contributed by atoms with Crippen molar-refractivity contribution in [3.63, 3.8) is 0 Å². The summed E-state index contributed by atoms with van der Waals surface area (Å²) >= 11 is 1.35. The van der Waals surface area contributed by atoms with Gasteiger partial charge in [0.05, 0.1) is 10.6 Å². The van der Waals surface area contributed by atoms with E-state index in [1.807, 2.05) is 19.1 Å². The standard InChI is InChI=1S/C23H19NO4S2/c1-3-12-28-17-8-6-16(7-9-17)19-13-21(25)24-22-20(14-29-23(19)22)30(26,27)18-10-4-15(2)5-11-18/h1,4-11,14,19H,12-13H2,2H3,(H,24,25)/t19-/m1/s1. The number of carbonyl (C=O) groups excluding carboxylic acids is 1. The average Bonchev–Trinajstić information content (AvgIpc) is 3.17. The van der Waals surface area contributed by atoms with E-state index in [2.05, 4.69) is 11.2 Å². The zero-order valence-electron chi connectivity index (χ0n) is 16.2. The molecule has 0 aliphatic carbocycles. The van der Waals surface area contributed by atoms with Crippen LogP contribution in [0.3, 0.4) is 0 Å². The first-order valence-corrected chi connectivity index (χ1v) is 11.7. The summed E-state index contributed by atoms with van der Waals surface area (Å²) in [4.78, 5) is 13.6. The van der Waals surface area contributed by atoms with Crippen LogP contribution in [0.2, 0.25) is 0 Å². The molecule has 3 aromatic rings. The molecule has 0 unspecified atom stereocenters. The van der Waals surface area contributed by atoms with Gasteiger partial charge in [-0.1, -0.05) is 35.7 Å². The van der Waals surface area contributed by atoms with Crippen LogP contribution in [0.5, 0.6) is 5.75 Å². The number of thiophene rings is 1. The third kappa shape index (κ3) is 3.72. The highest BCUT2D eigenvalue weighted by molar-refractivity contribution is 7.91. The molecule has 1 atom stereocenters. The highest BCUT2D eigenvalue weighted by Gasteiger charge is 2.34. The van der Waals surface area contributed by atoms with Gasteiger partial charge in [-0.3, -0.25) is 4.79 Å². The monoisotopic (exact) mass is 437 g/mol. The first-order chi connectivity index (χ1) is 14.4. The molecule has 0 fully saturated rings. The quantitative estimate of drug-likeness (QED) is 0.602. The summed E-state index contributed by atoms with van der Waals surface area (Å²) in [5.74, 6) is 2.63. The molecule has 152 valence electrons. The Hall–Kier alpha value is -3.08. The van der Waals surface area contributed by atoms with Crippen molar-refractivity contribution in [3.8, 4) is 18.1 Å². The number of fused-ring (bicyclic) bond motifs is 1. The van der Waals surface area contributed by atoms with Crippen LogP contribution in [0.1, 0.15) is 28.3 Å². The zero-order chi connectivity index (χ0) is 21.3. The highest BCUT2D eigenvalue weighted by atomic mass is 32.2. The number of amides is 1. The molecule has 0 saturated carbocycles. The van der Waals surface area contributed by atoms with Crippen molar-refractivity contribution >= 4 is 32.8 Å². The molecule has 2 heterocycles. The van der Waals surface area contributed by atoms with Gasteiger partial charge in [0.15, 0.2) is 0 Å². The largest absolute Gasteiger partial charge is 0.481 e. The lowest BCUT2D eigenvalue weighted by molar-refractivity contribution is -0.116. The third-order valence-electron chi connectivity index (χ3n) is 4.98. The van der Waals surface area contributed by atoms with Gasteiger partial charge in [-0.05, 0) is 36.8 Å². The van der Waals surface area contributed by atoms with E-state index in [0.29, 0.717) is 11.4 Å². The van der Waals surface area contributed by atoms with Crippen LogP contribution in [0.15, 0.2) is 63.7 Å². The number of nitrogens with one attached hydrogen (secondary N) is 1. The molecule has 0 radical (unpaired) electrons. The number of hydrogen-bond donors (Lipinski definition) is 1. The van der Waals surface area contributed by atoms with Gasteiger partial charge in [-0.25, -0.2) is 8.42 Å². The lowest BCUT2D eigenvalue weighted by Crippen LogP contribution is -2.23. The van der Waals surface area contributed by atoms with Gasteiger partial charge in [-0.15, -0.1) is 17.8 Å². The minimum atomic E-state index is -3.74. The Kier molecular flexibility index (Phi) is 5.37. The van der Waals surface area contributed by atoms with Crippen molar-refractivity contribution < 1.29 is 17.9 Å². The van der Waals surface area contributed by atoms with Crippen molar-refractivity contribution in [1.82, 2.24) is 0 Å². The fourth-order valence-corrected chi connectivity index (χ4v) is 6.35. The van der Waals surface area contributed by atoms with Crippen LogP contribution in [0, 0.1) is 19.3 Å². The second-order valence-corrected chi connectivity index (χ2v) is 9.85. The van der Waals surface area contributed by atoms with Crippen LogP contribution in [0.25, 0.3) is 0 Å². The maximum Gasteiger partial charge on any atom is 0.225 e. The van der Waals surface area contributed by atoms with E-state index in [1.54, 1.807) is 41.8 Å². The van der Waals surface area contributed by atoms with Gasteiger partial charge in [0.1, 0.15) is 17.3 Å². The molecule has 1 aliphatic heterocycles. The molecular formula is C23H19NO4S2. The van der Waals surface area contributed by atoms with Crippen LogP contribution in [-0.2, 0) is 14.6 Å². The number of ether oxygens (including phenoxy) is 1. The van der Waals surface area contributed by atoms with Gasteiger partial charge >= 0.3 is 0 Å². The summed E-state index contributed by atoms with van der Waals surface area (Å²) in [5, 5.41) is 4.39. The van der Waals surface area contributed by atoms with Gasteiger partial charge in [0.2, 0.25) is 15.7 Å². The number of carbonyl (C=O) groups is 1. The number of anilines is 1. The molecule has 2 aromatic carbocycles. The second kappa shape index (κ2) is 7.98. The van der Waals surface area contributed by atoms with E-state index < -0.39 is 9.84 Å². The maximum absolute atomic E-state index is 13.2. The molecule has 0 bridgehead atoms. The average molecular weight is 438 g/mol. The molecule has 1 aliphatic rings. The van der Waals surface area contributed by atoms with E-state index in [4.69, 9.17) is 11.2 Å². The molecule has 7 heteroatoms. The molecule has 4 rings (SSSR count). The molecule has 30 heavy (non-hydrogen) atoms.